The molecule has 0 saturated carbocycles. The summed E-state index contributed by atoms with van der Waals surface area (Å²) < 4.78 is 16.2. The highest BCUT2D eigenvalue weighted by molar-refractivity contribution is 5.78. The average molecular weight is 350 g/mol. The van der Waals surface area contributed by atoms with Crippen LogP contribution in [-0.4, -0.2) is 57.8 Å². The monoisotopic (exact) mass is 350 g/mol. The van der Waals surface area contributed by atoms with Gasteiger partial charge in [0.1, 0.15) is 17.2 Å². The second-order valence-electron chi connectivity index (χ2n) is 6.59. The first kappa shape index (κ1) is 19.4. The van der Waals surface area contributed by atoms with Gasteiger partial charge in [0.05, 0.1) is 20.8 Å². The van der Waals surface area contributed by atoms with Gasteiger partial charge in [-0.3, -0.25) is 4.79 Å². The smallest absolute Gasteiger partial charge is 0.225 e. The van der Waals surface area contributed by atoms with Gasteiger partial charge in [-0.1, -0.05) is 0 Å². The summed E-state index contributed by atoms with van der Waals surface area (Å²) in [4.78, 5) is 14.3. The number of nitrogens with one attached hydrogen (secondary N) is 1. The molecule has 0 radical (unpaired) electrons. The highest BCUT2D eigenvalue weighted by Crippen LogP contribution is 2.27. The third kappa shape index (κ3) is 5.81. The summed E-state index contributed by atoms with van der Waals surface area (Å²) in [5.41, 5.74) is 0. The van der Waals surface area contributed by atoms with Crippen LogP contribution in [-0.2, 0) is 4.79 Å². The Kier molecular flexibility index (Phi) is 7.37. The van der Waals surface area contributed by atoms with Crippen molar-refractivity contribution >= 4 is 5.91 Å². The van der Waals surface area contributed by atoms with E-state index in [2.05, 4.69) is 12.2 Å². The fourth-order valence-corrected chi connectivity index (χ4v) is 3.13. The Morgan fingerprint density at radius 2 is 1.84 bits per heavy atom. The minimum absolute atomic E-state index is 0.143. The van der Waals surface area contributed by atoms with E-state index in [1.807, 2.05) is 24.1 Å². The molecule has 1 N–H and O–H groups in total. The van der Waals surface area contributed by atoms with Crippen molar-refractivity contribution in [2.24, 2.45) is 5.92 Å². The number of methoxy groups -OCH3 is 2. The van der Waals surface area contributed by atoms with Crippen molar-refractivity contribution in [2.45, 2.75) is 32.2 Å². The predicted molar refractivity (Wildman–Crippen MR) is 97.5 cm³/mol. The van der Waals surface area contributed by atoms with Crippen molar-refractivity contribution in [3.8, 4) is 17.2 Å². The van der Waals surface area contributed by atoms with E-state index in [9.17, 15) is 4.79 Å². The molecule has 0 bridgehead atoms. The maximum absolute atomic E-state index is 12.5. The second kappa shape index (κ2) is 9.51. The van der Waals surface area contributed by atoms with Crippen LogP contribution in [0.5, 0.6) is 17.2 Å². The molecule has 1 heterocycles. The van der Waals surface area contributed by atoms with Crippen LogP contribution in [0.4, 0.5) is 0 Å². The number of nitrogens with zero attached hydrogens (tertiary/aromatic N) is 1. The van der Waals surface area contributed by atoms with Gasteiger partial charge in [0, 0.05) is 43.8 Å². The van der Waals surface area contributed by atoms with E-state index in [0.717, 1.165) is 25.8 Å². The number of hydrogen-bond donors (Lipinski definition) is 1. The van der Waals surface area contributed by atoms with Gasteiger partial charge in [0.2, 0.25) is 5.91 Å². The summed E-state index contributed by atoms with van der Waals surface area (Å²) >= 11 is 0. The number of ether oxygens (including phenoxy) is 3. The molecule has 2 rings (SSSR count). The molecule has 1 aliphatic heterocycles. The highest BCUT2D eigenvalue weighted by Gasteiger charge is 2.26. The SMILES string of the molecule is COc1cc(OC)cc(OCCCN(C)C(=O)[C@H]2CCN[C@@H](C)C2)c1. The third-order valence-corrected chi connectivity index (χ3v) is 4.58. The second-order valence-corrected chi connectivity index (χ2v) is 6.59. The molecular weight excluding hydrogens is 320 g/mol. The number of carbonyl (C=O) groups is 1. The van der Waals surface area contributed by atoms with Crippen LogP contribution in [0.15, 0.2) is 18.2 Å². The van der Waals surface area contributed by atoms with Crippen molar-refractivity contribution in [1.29, 1.82) is 0 Å². The van der Waals surface area contributed by atoms with E-state index >= 15 is 0 Å². The van der Waals surface area contributed by atoms with Gasteiger partial charge in [-0.25, -0.2) is 0 Å². The molecule has 0 spiro atoms. The fraction of sp³-hybridized carbons (Fsp3) is 0.632. The maximum Gasteiger partial charge on any atom is 0.225 e. The Morgan fingerprint density at radius 3 is 2.44 bits per heavy atom. The van der Waals surface area contributed by atoms with Crippen molar-refractivity contribution in [3.05, 3.63) is 18.2 Å². The Morgan fingerprint density at radius 1 is 1.20 bits per heavy atom. The van der Waals surface area contributed by atoms with Gasteiger partial charge in [0.25, 0.3) is 0 Å². The lowest BCUT2D eigenvalue weighted by Gasteiger charge is -2.30. The van der Waals surface area contributed by atoms with Crippen molar-refractivity contribution in [2.75, 3.05) is 41.0 Å². The Balaban J connectivity index is 1.76. The fourth-order valence-electron chi connectivity index (χ4n) is 3.13. The molecule has 1 fully saturated rings. The van der Waals surface area contributed by atoms with Gasteiger partial charge in [-0.2, -0.15) is 0 Å². The molecule has 1 aromatic carbocycles. The molecule has 6 nitrogen and oxygen atoms in total. The van der Waals surface area contributed by atoms with Crippen LogP contribution in [0.1, 0.15) is 26.2 Å². The molecule has 2 atom stereocenters. The van der Waals surface area contributed by atoms with Crippen LogP contribution in [0, 0.1) is 5.92 Å². The number of piperidine rings is 1. The van der Waals surface area contributed by atoms with Gasteiger partial charge in [-0.15, -0.1) is 0 Å². The molecular formula is C19H30N2O4. The zero-order valence-electron chi connectivity index (χ0n) is 15.7. The summed E-state index contributed by atoms with van der Waals surface area (Å²) in [6.45, 7) is 4.29. The summed E-state index contributed by atoms with van der Waals surface area (Å²) in [7, 11) is 5.10. The first-order valence-electron chi connectivity index (χ1n) is 8.87. The summed E-state index contributed by atoms with van der Waals surface area (Å²) in [6, 6.07) is 5.88. The maximum atomic E-state index is 12.5. The van der Waals surface area contributed by atoms with Gasteiger partial charge in [-0.05, 0) is 32.7 Å². The molecule has 1 amide bonds. The van der Waals surface area contributed by atoms with Gasteiger partial charge in [0.15, 0.2) is 0 Å². The molecule has 140 valence electrons. The lowest BCUT2D eigenvalue weighted by atomic mass is 9.92. The van der Waals surface area contributed by atoms with E-state index in [0.29, 0.717) is 36.4 Å². The lowest BCUT2D eigenvalue weighted by molar-refractivity contribution is -0.135. The summed E-state index contributed by atoms with van der Waals surface area (Å²) in [5, 5.41) is 3.38. The minimum Gasteiger partial charge on any atom is -0.496 e. The first-order valence-corrected chi connectivity index (χ1v) is 8.87. The van der Waals surface area contributed by atoms with E-state index in [4.69, 9.17) is 14.2 Å². The molecule has 0 unspecified atom stereocenters. The molecule has 25 heavy (non-hydrogen) atoms. The first-order chi connectivity index (χ1) is 12.0. The van der Waals surface area contributed by atoms with Crippen LogP contribution < -0.4 is 19.5 Å². The third-order valence-electron chi connectivity index (χ3n) is 4.58. The summed E-state index contributed by atoms with van der Waals surface area (Å²) in [6.07, 6.45) is 2.62. The van der Waals surface area contributed by atoms with E-state index < -0.39 is 0 Å². The molecule has 0 aromatic heterocycles. The number of rotatable bonds is 8. The van der Waals surface area contributed by atoms with Crippen LogP contribution in [0.2, 0.25) is 0 Å². The number of carbonyl (C=O) groups excluding carboxylic acids is 1. The number of amides is 1. The zero-order chi connectivity index (χ0) is 18.2. The number of benzene rings is 1. The van der Waals surface area contributed by atoms with Crippen molar-refractivity contribution in [3.63, 3.8) is 0 Å². The zero-order valence-corrected chi connectivity index (χ0v) is 15.7. The Bertz CT molecular complexity index is 542. The standard InChI is InChI=1S/C19H30N2O4/c1-14-10-15(6-7-20-14)19(22)21(2)8-5-9-25-18-12-16(23-3)11-17(13-18)24-4/h11-15,20H,5-10H2,1-4H3/t14-,15-/m0/s1. The van der Waals surface area contributed by atoms with Gasteiger partial charge >= 0.3 is 0 Å². The molecule has 1 aromatic rings. The average Bonchev–Trinajstić information content (AvgIpc) is 2.64. The van der Waals surface area contributed by atoms with Crippen LogP contribution >= 0.6 is 0 Å². The quantitative estimate of drug-likeness (QED) is 0.729. The molecule has 1 saturated heterocycles. The van der Waals surface area contributed by atoms with E-state index in [1.165, 1.54) is 0 Å². The topological polar surface area (TPSA) is 60.0 Å². The highest BCUT2D eigenvalue weighted by atomic mass is 16.5. The predicted octanol–water partition coefficient (Wildman–Crippen LogP) is 2.32. The normalized spacial score (nSPS) is 20.0. The molecule has 6 heteroatoms. The Labute approximate surface area is 150 Å². The Hall–Kier alpha value is -1.95. The lowest BCUT2D eigenvalue weighted by Crippen LogP contribution is -2.43. The van der Waals surface area contributed by atoms with E-state index in [1.54, 1.807) is 20.3 Å². The number of hydrogen-bond acceptors (Lipinski definition) is 5. The van der Waals surface area contributed by atoms with Crippen LogP contribution in [0.3, 0.4) is 0 Å². The molecule has 1 aliphatic rings. The van der Waals surface area contributed by atoms with Crippen LogP contribution in [0.25, 0.3) is 0 Å². The van der Waals surface area contributed by atoms with Crippen molar-refractivity contribution in [1.82, 2.24) is 10.2 Å². The van der Waals surface area contributed by atoms with Gasteiger partial charge < -0.3 is 24.4 Å². The van der Waals surface area contributed by atoms with E-state index in [-0.39, 0.29) is 11.8 Å². The molecule has 0 aliphatic carbocycles. The largest absolute Gasteiger partial charge is 0.496 e. The van der Waals surface area contributed by atoms with Crippen molar-refractivity contribution < 1.29 is 19.0 Å². The minimum atomic E-state index is 0.143. The summed E-state index contributed by atoms with van der Waals surface area (Å²) in [5.74, 6) is 2.49.